The van der Waals surface area contributed by atoms with E-state index in [0.29, 0.717) is 17.8 Å². The molecular weight excluding hydrogens is 268 g/mol. The number of hydrogen-bond acceptors (Lipinski definition) is 3. The predicted molar refractivity (Wildman–Crippen MR) is 82.5 cm³/mol. The van der Waals surface area contributed by atoms with Crippen molar-refractivity contribution >= 4 is 17.6 Å². The lowest BCUT2D eigenvalue weighted by Gasteiger charge is -2.34. The average Bonchev–Trinajstić information content (AvgIpc) is 2.47. The van der Waals surface area contributed by atoms with Crippen molar-refractivity contribution in [1.29, 1.82) is 0 Å². The van der Waals surface area contributed by atoms with Crippen LogP contribution in [0.25, 0.3) is 0 Å². The molecule has 21 heavy (non-hydrogen) atoms. The van der Waals surface area contributed by atoms with Gasteiger partial charge < -0.3 is 20.4 Å². The third-order valence-corrected chi connectivity index (χ3v) is 3.53. The lowest BCUT2D eigenvalue weighted by molar-refractivity contribution is 0.0656. The second-order valence-corrected chi connectivity index (χ2v) is 5.46. The lowest BCUT2D eigenvalue weighted by Crippen LogP contribution is -2.52. The van der Waals surface area contributed by atoms with Gasteiger partial charge in [-0.1, -0.05) is 6.07 Å². The first kappa shape index (κ1) is 15.3. The molecule has 0 saturated carbocycles. The minimum absolute atomic E-state index is 0.00459. The second-order valence-electron chi connectivity index (χ2n) is 5.46. The molecule has 1 aromatic carbocycles. The number of carbonyl (C=O) groups excluding carboxylic acids is 2. The van der Waals surface area contributed by atoms with E-state index in [1.165, 1.54) is 4.90 Å². The van der Waals surface area contributed by atoms with E-state index in [1.807, 2.05) is 11.8 Å². The molecule has 6 nitrogen and oxygen atoms in total. The Labute approximate surface area is 125 Å². The molecule has 2 N–H and O–H groups in total. The van der Waals surface area contributed by atoms with E-state index in [2.05, 4.69) is 10.6 Å². The molecule has 0 spiro atoms. The molecule has 0 aliphatic carbocycles. The molecule has 1 heterocycles. The first-order valence-corrected chi connectivity index (χ1v) is 7.09. The van der Waals surface area contributed by atoms with Crippen LogP contribution in [-0.2, 0) is 0 Å². The van der Waals surface area contributed by atoms with Crippen LogP contribution in [0, 0.1) is 0 Å². The zero-order valence-corrected chi connectivity index (χ0v) is 12.7. The highest BCUT2D eigenvalue weighted by Crippen LogP contribution is 2.15. The molecule has 0 radical (unpaired) electrons. The summed E-state index contributed by atoms with van der Waals surface area (Å²) in [5.41, 5.74) is 1.22. The van der Waals surface area contributed by atoms with Gasteiger partial charge in [0.05, 0.1) is 0 Å². The van der Waals surface area contributed by atoms with Gasteiger partial charge >= 0.3 is 6.03 Å². The first-order valence-electron chi connectivity index (χ1n) is 7.09. The highest BCUT2D eigenvalue weighted by molar-refractivity contribution is 5.97. The molecule has 1 aliphatic rings. The number of nitrogens with one attached hydrogen (secondary N) is 2. The van der Waals surface area contributed by atoms with Crippen LogP contribution < -0.4 is 10.6 Å². The van der Waals surface area contributed by atoms with Gasteiger partial charge in [-0.05, 0) is 25.1 Å². The summed E-state index contributed by atoms with van der Waals surface area (Å²) < 4.78 is 0. The molecule has 1 aliphatic heterocycles. The molecule has 0 aromatic heterocycles. The number of nitrogens with zero attached hydrogens (tertiary/aromatic N) is 2. The Morgan fingerprint density at radius 1 is 1.38 bits per heavy atom. The number of benzene rings is 1. The summed E-state index contributed by atoms with van der Waals surface area (Å²) in [4.78, 5) is 27.5. The van der Waals surface area contributed by atoms with Crippen LogP contribution in [-0.4, -0.2) is 61.5 Å². The van der Waals surface area contributed by atoms with Gasteiger partial charge in [-0.25, -0.2) is 4.79 Å². The second kappa shape index (κ2) is 6.58. The smallest absolute Gasteiger partial charge is 0.321 e. The Balaban J connectivity index is 2.13. The third kappa shape index (κ3) is 3.72. The number of piperazine rings is 1. The first-order chi connectivity index (χ1) is 9.99. The van der Waals surface area contributed by atoms with Crippen molar-refractivity contribution in [2.24, 2.45) is 0 Å². The van der Waals surface area contributed by atoms with Gasteiger partial charge in [-0.3, -0.25) is 4.79 Å². The molecule has 1 saturated heterocycles. The number of anilines is 1. The summed E-state index contributed by atoms with van der Waals surface area (Å²) in [6, 6.07) is 7.02. The summed E-state index contributed by atoms with van der Waals surface area (Å²) in [5, 5.41) is 6.02. The van der Waals surface area contributed by atoms with Crippen molar-refractivity contribution in [2.75, 3.05) is 39.0 Å². The van der Waals surface area contributed by atoms with E-state index in [9.17, 15) is 9.59 Å². The van der Waals surface area contributed by atoms with Crippen LogP contribution in [0.2, 0.25) is 0 Å². The molecule has 0 unspecified atom stereocenters. The van der Waals surface area contributed by atoms with Crippen molar-refractivity contribution < 1.29 is 9.59 Å². The summed E-state index contributed by atoms with van der Waals surface area (Å²) >= 11 is 0. The van der Waals surface area contributed by atoms with E-state index in [4.69, 9.17) is 0 Å². The van der Waals surface area contributed by atoms with Crippen LogP contribution in [0.4, 0.5) is 10.5 Å². The standard InChI is InChI=1S/C15H22N4O2/c1-11-10-16-7-8-19(11)14(20)12-5-4-6-13(9-12)17-15(21)18(2)3/h4-6,9,11,16H,7-8,10H2,1-3H3,(H,17,21)/t11-/m0/s1. The normalized spacial score (nSPS) is 18.2. The van der Waals surface area contributed by atoms with E-state index in [1.54, 1.807) is 38.4 Å². The maximum absolute atomic E-state index is 12.6. The zero-order chi connectivity index (χ0) is 15.4. The maximum Gasteiger partial charge on any atom is 0.321 e. The van der Waals surface area contributed by atoms with Crippen molar-refractivity contribution in [3.8, 4) is 0 Å². The summed E-state index contributed by atoms with van der Waals surface area (Å²) in [7, 11) is 3.35. The van der Waals surface area contributed by atoms with Crippen LogP contribution in [0.5, 0.6) is 0 Å². The van der Waals surface area contributed by atoms with Gasteiger partial charge in [-0.2, -0.15) is 0 Å². The van der Waals surface area contributed by atoms with E-state index in [0.717, 1.165) is 13.1 Å². The fourth-order valence-corrected chi connectivity index (χ4v) is 2.27. The topological polar surface area (TPSA) is 64.7 Å². The zero-order valence-electron chi connectivity index (χ0n) is 12.7. The Bertz CT molecular complexity index is 530. The molecular formula is C15H22N4O2. The fourth-order valence-electron chi connectivity index (χ4n) is 2.27. The molecule has 114 valence electrons. The van der Waals surface area contributed by atoms with Crippen LogP contribution in [0.3, 0.4) is 0 Å². The predicted octanol–water partition coefficient (Wildman–Crippen LogP) is 1.21. The Morgan fingerprint density at radius 2 is 2.14 bits per heavy atom. The van der Waals surface area contributed by atoms with Crippen molar-refractivity contribution in [2.45, 2.75) is 13.0 Å². The van der Waals surface area contributed by atoms with Crippen molar-refractivity contribution in [3.05, 3.63) is 29.8 Å². The quantitative estimate of drug-likeness (QED) is 0.860. The van der Waals surface area contributed by atoms with Crippen molar-refractivity contribution in [3.63, 3.8) is 0 Å². The summed E-state index contributed by atoms with van der Waals surface area (Å²) in [6.07, 6.45) is 0. The van der Waals surface area contributed by atoms with Gasteiger partial charge in [0.25, 0.3) is 5.91 Å². The lowest BCUT2D eigenvalue weighted by atomic mass is 10.1. The maximum atomic E-state index is 12.6. The van der Waals surface area contributed by atoms with Crippen LogP contribution in [0.15, 0.2) is 24.3 Å². The number of amides is 3. The van der Waals surface area contributed by atoms with Gasteiger partial charge in [0.15, 0.2) is 0 Å². The monoisotopic (exact) mass is 290 g/mol. The van der Waals surface area contributed by atoms with Gasteiger partial charge in [-0.15, -0.1) is 0 Å². The SMILES string of the molecule is C[C@H]1CNCCN1C(=O)c1cccc(NC(=O)N(C)C)c1. The average molecular weight is 290 g/mol. The Kier molecular flexibility index (Phi) is 4.80. The largest absolute Gasteiger partial charge is 0.333 e. The van der Waals surface area contributed by atoms with Crippen LogP contribution >= 0.6 is 0 Å². The van der Waals surface area contributed by atoms with Gasteiger partial charge in [0, 0.05) is 51.0 Å². The summed E-state index contributed by atoms with van der Waals surface area (Å²) in [5.74, 6) is 0.00459. The van der Waals surface area contributed by atoms with E-state index < -0.39 is 0 Å². The fraction of sp³-hybridized carbons (Fsp3) is 0.467. The molecule has 6 heteroatoms. The minimum atomic E-state index is -0.213. The summed E-state index contributed by atoms with van der Waals surface area (Å²) in [6.45, 7) is 4.35. The number of hydrogen-bond donors (Lipinski definition) is 2. The molecule has 2 rings (SSSR count). The number of carbonyl (C=O) groups is 2. The Morgan fingerprint density at radius 3 is 2.81 bits per heavy atom. The molecule has 0 bridgehead atoms. The van der Waals surface area contributed by atoms with Crippen LogP contribution in [0.1, 0.15) is 17.3 Å². The molecule has 1 fully saturated rings. The Hall–Kier alpha value is -2.08. The highest BCUT2D eigenvalue weighted by atomic mass is 16.2. The van der Waals surface area contributed by atoms with Gasteiger partial charge in [0.1, 0.15) is 0 Å². The molecule has 1 aromatic rings. The third-order valence-electron chi connectivity index (χ3n) is 3.53. The minimum Gasteiger partial charge on any atom is -0.333 e. The van der Waals surface area contributed by atoms with E-state index in [-0.39, 0.29) is 18.0 Å². The molecule has 1 atom stereocenters. The highest BCUT2D eigenvalue weighted by Gasteiger charge is 2.24. The van der Waals surface area contributed by atoms with E-state index >= 15 is 0 Å². The molecule has 3 amide bonds. The number of urea groups is 1. The van der Waals surface area contributed by atoms with Gasteiger partial charge in [0.2, 0.25) is 0 Å². The number of rotatable bonds is 2. The van der Waals surface area contributed by atoms with Crippen molar-refractivity contribution in [1.82, 2.24) is 15.1 Å².